The molecule has 0 saturated carbocycles. The second-order valence-corrected chi connectivity index (χ2v) is 6.29. The number of benzene rings is 2. The van der Waals surface area contributed by atoms with E-state index in [1.165, 1.54) is 12.1 Å². The molecule has 1 saturated heterocycles. The van der Waals surface area contributed by atoms with Crippen molar-refractivity contribution in [3.8, 4) is 5.75 Å². The molecule has 3 rings (SSSR count). The number of piperazine rings is 1. The molecule has 0 spiro atoms. The molecule has 26 heavy (non-hydrogen) atoms. The average molecular weight is 356 g/mol. The lowest BCUT2D eigenvalue weighted by Crippen LogP contribution is -2.52. The molecule has 1 aliphatic heterocycles. The number of rotatable bonds is 5. The number of carbonyl (C=O) groups excluding carboxylic acids is 2. The molecular formula is C20H21FN2O3. The van der Waals surface area contributed by atoms with Crippen LogP contribution in [-0.4, -0.2) is 48.4 Å². The monoisotopic (exact) mass is 356 g/mol. The number of amides is 2. The zero-order valence-corrected chi connectivity index (χ0v) is 14.7. The van der Waals surface area contributed by atoms with Gasteiger partial charge in [-0.25, -0.2) is 4.39 Å². The van der Waals surface area contributed by atoms with Crippen molar-refractivity contribution in [2.75, 3.05) is 26.7 Å². The molecule has 0 unspecified atom stereocenters. The highest BCUT2D eigenvalue weighted by molar-refractivity contribution is 5.87. The third kappa shape index (κ3) is 4.39. The number of methoxy groups -OCH3 is 1. The molecule has 0 aromatic heterocycles. The van der Waals surface area contributed by atoms with E-state index < -0.39 is 0 Å². The Balaban J connectivity index is 1.57. The van der Waals surface area contributed by atoms with Crippen molar-refractivity contribution in [1.29, 1.82) is 0 Å². The number of hydrogen-bond donors (Lipinski definition) is 0. The summed E-state index contributed by atoms with van der Waals surface area (Å²) in [5, 5.41) is 0. The molecule has 5 nitrogen and oxygen atoms in total. The summed E-state index contributed by atoms with van der Waals surface area (Å²) >= 11 is 0. The summed E-state index contributed by atoms with van der Waals surface area (Å²) in [7, 11) is 1.58. The molecule has 0 radical (unpaired) electrons. The first-order valence-electron chi connectivity index (χ1n) is 8.48. The molecule has 1 fully saturated rings. The maximum absolute atomic E-state index is 13.3. The van der Waals surface area contributed by atoms with E-state index in [4.69, 9.17) is 4.74 Å². The van der Waals surface area contributed by atoms with Crippen LogP contribution < -0.4 is 4.74 Å². The summed E-state index contributed by atoms with van der Waals surface area (Å²) in [4.78, 5) is 28.1. The lowest BCUT2D eigenvalue weighted by Gasteiger charge is -2.34. The Morgan fingerprint density at radius 3 is 2.62 bits per heavy atom. The molecule has 1 heterocycles. The molecule has 0 N–H and O–H groups in total. The Hall–Kier alpha value is -2.89. The van der Waals surface area contributed by atoms with Crippen LogP contribution in [-0.2, 0) is 22.6 Å². The first kappa shape index (κ1) is 17.9. The second kappa shape index (κ2) is 7.99. The van der Waals surface area contributed by atoms with Gasteiger partial charge in [0, 0.05) is 19.6 Å². The Morgan fingerprint density at radius 1 is 1.12 bits per heavy atom. The lowest BCUT2D eigenvalue weighted by atomic mass is 10.1. The van der Waals surface area contributed by atoms with Gasteiger partial charge in [0.05, 0.1) is 20.1 Å². The number of ether oxygens (including phenoxy) is 1. The largest absolute Gasteiger partial charge is 0.497 e. The van der Waals surface area contributed by atoms with Gasteiger partial charge in [-0.05, 0) is 35.4 Å². The van der Waals surface area contributed by atoms with Crippen LogP contribution in [0.2, 0.25) is 0 Å². The van der Waals surface area contributed by atoms with Crippen LogP contribution in [0.15, 0.2) is 48.5 Å². The van der Waals surface area contributed by atoms with Gasteiger partial charge in [-0.15, -0.1) is 0 Å². The van der Waals surface area contributed by atoms with Crippen molar-refractivity contribution in [1.82, 2.24) is 9.80 Å². The Labute approximate surface area is 152 Å². The summed E-state index contributed by atoms with van der Waals surface area (Å²) < 4.78 is 18.4. The van der Waals surface area contributed by atoms with Crippen molar-refractivity contribution in [3.63, 3.8) is 0 Å². The molecule has 0 bridgehead atoms. The van der Waals surface area contributed by atoms with E-state index in [1.807, 2.05) is 24.3 Å². The van der Waals surface area contributed by atoms with Crippen LogP contribution >= 0.6 is 0 Å². The van der Waals surface area contributed by atoms with E-state index >= 15 is 0 Å². The third-order valence-electron chi connectivity index (χ3n) is 4.42. The van der Waals surface area contributed by atoms with E-state index in [0.29, 0.717) is 25.4 Å². The SMILES string of the molecule is COc1cccc(CC(=O)N2CCN(Cc3cccc(F)c3)C(=O)C2)c1. The van der Waals surface area contributed by atoms with Gasteiger partial charge >= 0.3 is 0 Å². The number of nitrogens with zero attached hydrogens (tertiary/aromatic N) is 2. The van der Waals surface area contributed by atoms with Gasteiger partial charge in [0.15, 0.2) is 0 Å². The first-order chi connectivity index (χ1) is 12.5. The molecule has 0 atom stereocenters. The van der Waals surface area contributed by atoms with Gasteiger partial charge in [0.1, 0.15) is 11.6 Å². The fraction of sp³-hybridized carbons (Fsp3) is 0.300. The number of hydrogen-bond acceptors (Lipinski definition) is 3. The Bertz CT molecular complexity index is 809. The van der Waals surface area contributed by atoms with E-state index in [1.54, 1.807) is 29.0 Å². The van der Waals surface area contributed by atoms with Gasteiger partial charge < -0.3 is 14.5 Å². The minimum atomic E-state index is -0.318. The second-order valence-electron chi connectivity index (χ2n) is 6.29. The number of halogens is 1. The fourth-order valence-electron chi connectivity index (χ4n) is 3.01. The average Bonchev–Trinajstić information content (AvgIpc) is 2.63. The summed E-state index contributed by atoms with van der Waals surface area (Å²) in [6.45, 7) is 1.33. The topological polar surface area (TPSA) is 49.9 Å². The van der Waals surface area contributed by atoms with E-state index in [0.717, 1.165) is 11.1 Å². The summed E-state index contributed by atoms with van der Waals surface area (Å²) in [6.07, 6.45) is 0.231. The van der Waals surface area contributed by atoms with Gasteiger partial charge in [-0.3, -0.25) is 9.59 Å². The highest BCUT2D eigenvalue weighted by atomic mass is 19.1. The molecule has 2 amide bonds. The summed E-state index contributed by atoms with van der Waals surface area (Å²) in [5.74, 6) is 0.171. The minimum Gasteiger partial charge on any atom is -0.497 e. The van der Waals surface area contributed by atoms with E-state index in [-0.39, 0.29) is 30.6 Å². The van der Waals surface area contributed by atoms with Gasteiger partial charge in [0.25, 0.3) is 0 Å². The molecule has 2 aromatic carbocycles. The van der Waals surface area contributed by atoms with Crippen molar-refractivity contribution in [3.05, 3.63) is 65.5 Å². The van der Waals surface area contributed by atoms with E-state index in [2.05, 4.69) is 0 Å². The van der Waals surface area contributed by atoms with Crippen molar-refractivity contribution in [2.24, 2.45) is 0 Å². The predicted molar refractivity (Wildman–Crippen MR) is 95.1 cm³/mol. The van der Waals surface area contributed by atoms with Gasteiger partial charge in [0.2, 0.25) is 11.8 Å². The zero-order valence-electron chi connectivity index (χ0n) is 14.7. The van der Waals surface area contributed by atoms with Crippen LogP contribution in [0.5, 0.6) is 5.75 Å². The molecule has 2 aromatic rings. The smallest absolute Gasteiger partial charge is 0.242 e. The van der Waals surface area contributed by atoms with Crippen LogP contribution in [0.1, 0.15) is 11.1 Å². The molecular weight excluding hydrogens is 335 g/mol. The Kier molecular flexibility index (Phi) is 5.51. The summed E-state index contributed by atoms with van der Waals surface area (Å²) in [5.41, 5.74) is 1.60. The minimum absolute atomic E-state index is 0.0537. The first-order valence-corrected chi connectivity index (χ1v) is 8.48. The van der Waals surface area contributed by atoms with Crippen LogP contribution in [0, 0.1) is 5.82 Å². The highest BCUT2D eigenvalue weighted by Crippen LogP contribution is 2.15. The fourth-order valence-corrected chi connectivity index (χ4v) is 3.01. The van der Waals surface area contributed by atoms with E-state index in [9.17, 15) is 14.0 Å². The number of carbonyl (C=O) groups is 2. The molecule has 0 aliphatic carbocycles. The Morgan fingerprint density at radius 2 is 1.88 bits per heavy atom. The maximum atomic E-state index is 13.3. The van der Waals surface area contributed by atoms with Crippen molar-refractivity contribution in [2.45, 2.75) is 13.0 Å². The summed E-state index contributed by atoms with van der Waals surface area (Å²) in [6, 6.07) is 13.6. The quantitative estimate of drug-likeness (QED) is 0.826. The standard InChI is InChI=1S/C20H21FN2O3/c1-26-18-7-3-4-15(11-18)12-19(24)23-9-8-22(20(25)14-23)13-16-5-2-6-17(21)10-16/h2-7,10-11H,8-9,12-14H2,1H3. The van der Waals surface area contributed by atoms with Crippen LogP contribution in [0.3, 0.4) is 0 Å². The van der Waals surface area contributed by atoms with Crippen LogP contribution in [0.25, 0.3) is 0 Å². The molecule has 1 aliphatic rings. The third-order valence-corrected chi connectivity index (χ3v) is 4.42. The normalized spacial score (nSPS) is 14.5. The van der Waals surface area contributed by atoms with Crippen molar-refractivity contribution >= 4 is 11.8 Å². The lowest BCUT2D eigenvalue weighted by molar-refractivity contribution is -0.145. The van der Waals surface area contributed by atoms with Crippen molar-refractivity contribution < 1.29 is 18.7 Å². The van der Waals surface area contributed by atoms with Gasteiger partial charge in [-0.2, -0.15) is 0 Å². The molecule has 6 heteroatoms. The predicted octanol–water partition coefficient (Wildman–Crippen LogP) is 2.25. The van der Waals surface area contributed by atoms with Crippen LogP contribution in [0.4, 0.5) is 4.39 Å². The molecule has 136 valence electrons. The van der Waals surface area contributed by atoms with Gasteiger partial charge in [-0.1, -0.05) is 24.3 Å². The highest BCUT2D eigenvalue weighted by Gasteiger charge is 2.27. The zero-order chi connectivity index (χ0) is 18.5. The maximum Gasteiger partial charge on any atom is 0.242 e.